The van der Waals surface area contributed by atoms with E-state index in [2.05, 4.69) is 10.2 Å². The number of nitrogens with zero attached hydrogens (tertiary/aromatic N) is 2. The maximum atomic E-state index is 12.3. The minimum atomic E-state index is -3.06. The van der Waals surface area contributed by atoms with Crippen LogP contribution < -0.4 is 5.32 Å². The lowest BCUT2D eigenvalue weighted by Gasteiger charge is -2.35. The van der Waals surface area contributed by atoms with Crippen molar-refractivity contribution in [1.82, 2.24) is 14.5 Å². The molecule has 6 heteroatoms. The van der Waals surface area contributed by atoms with Gasteiger partial charge in [0, 0.05) is 25.2 Å². The van der Waals surface area contributed by atoms with Gasteiger partial charge in [-0.05, 0) is 52.7 Å². The van der Waals surface area contributed by atoms with Gasteiger partial charge in [0.05, 0.1) is 5.75 Å². The van der Waals surface area contributed by atoms with Crippen LogP contribution in [-0.2, 0) is 10.0 Å². The van der Waals surface area contributed by atoms with Crippen LogP contribution in [0.4, 0.5) is 0 Å². The molecule has 0 radical (unpaired) electrons. The third-order valence-corrected chi connectivity index (χ3v) is 6.00. The number of hydrogen-bond acceptors (Lipinski definition) is 4. The van der Waals surface area contributed by atoms with E-state index in [0.29, 0.717) is 25.2 Å². The Kier molecular flexibility index (Phi) is 5.22. The molecule has 0 aromatic carbocycles. The normalized spacial score (nSPS) is 25.9. The number of likely N-dealkylation sites (N-methyl/N-ethyl adjacent to an activating group) is 1. The number of hydrogen-bond donors (Lipinski definition) is 1. The van der Waals surface area contributed by atoms with Crippen LogP contribution in [0.25, 0.3) is 0 Å². The average Bonchev–Trinajstić information content (AvgIpc) is 3.19. The first kappa shape index (κ1) is 15.2. The van der Waals surface area contributed by atoms with Crippen LogP contribution in [-0.4, -0.2) is 69.2 Å². The second-order valence-electron chi connectivity index (χ2n) is 6.02. The largest absolute Gasteiger partial charge is 0.314 e. The van der Waals surface area contributed by atoms with E-state index < -0.39 is 10.0 Å². The monoisotopic (exact) mass is 289 g/mol. The fraction of sp³-hybridized carbons (Fsp3) is 1.00. The number of nitrogens with one attached hydrogen (secondary N) is 1. The van der Waals surface area contributed by atoms with Gasteiger partial charge in [-0.15, -0.1) is 0 Å². The van der Waals surface area contributed by atoms with Crippen molar-refractivity contribution >= 4 is 10.0 Å². The highest BCUT2D eigenvalue weighted by atomic mass is 32.2. The molecule has 1 heterocycles. The second-order valence-corrected chi connectivity index (χ2v) is 8.10. The summed E-state index contributed by atoms with van der Waals surface area (Å²) in [6.07, 6.45) is 5.30. The van der Waals surface area contributed by atoms with Gasteiger partial charge in [0.15, 0.2) is 0 Å². The molecule has 2 aliphatic rings. The molecule has 1 aliphatic heterocycles. The Bertz CT molecular complexity index is 379. The van der Waals surface area contributed by atoms with Crippen LogP contribution in [0.15, 0.2) is 0 Å². The molecule has 2 rings (SSSR count). The van der Waals surface area contributed by atoms with Gasteiger partial charge in [-0.3, -0.25) is 0 Å². The van der Waals surface area contributed by atoms with Crippen molar-refractivity contribution in [3.05, 3.63) is 0 Å². The Morgan fingerprint density at radius 1 is 1.26 bits per heavy atom. The molecule has 2 fully saturated rings. The van der Waals surface area contributed by atoms with Gasteiger partial charge in [-0.1, -0.05) is 0 Å². The molecule has 112 valence electrons. The maximum absolute atomic E-state index is 12.3. The third kappa shape index (κ3) is 4.70. The topological polar surface area (TPSA) is 52.7 Å². The Labute approximate surface area is 117 Å². The van der Waals surface area contributed by atoms with E-state index in [-0.39, 0.29) is 5.75 Å². The predicted molar refractivity (Wildman–Crippen MR) is 77.7 cm³/mol. The van der Waals surface area contributed by atoms with E-state index in [1.165, 1.54) is 12.8 Å². The molecule has 1 unspecified atom stereocenters. The average molecular weight is 289 g/mol. The smallest absolute Gasteiger partial charge is 0.214 e. The van der Waals surface area contributed by atoms with E-state index in [4.69, 9.17) is 0 Å². The van der Waals surface area contributed by atoms with Crippen LogP contribution in [0, 0.1) is 0 Å². The SMILES string of the molecule is CN(C)C1CCCN(S(=O)(=O)CCCNC2CC2)C1. The van der Waals surface area contributed by atoms with Crippen LogP contribution in [0.5, 0.6) is 0 Å². The van der Waals surface area contributed by atoms with E-state index >= 15 is 0 Å². The lowest BCUT2D eigenvalue weighted by molar-refractivity contribution is 0.190. The van der Waals surface area contributed by atoms with Crippen molar-refractivity contribution in [3.8, 4) is 0 Å². The summed E-state index contributed by atoms with van der Waals surface area (Å²) in [6, 6.07) is 1.03. The van der Waals surface area contributed by atoms with Gasteiger partial charge >= 0.3 is 0 Å². The Morgan fingerprint density at radius 3 is 2.63 bits per heavy atom. The fourth-order valence-corrected chi connectivity index (χ4v) is 4.15. The van der Waals surface area contributed by atoms with Crippen molar-refractivity contribution in [2.45, 2.75) is 44.2 Å². The molecule has 0 bridgehead atoms. The molecular weight excluding hydrogens is 262 g/mol. The van der Waals surface area contributed by atoms with E-state index in [1.807, 2.05) is 14.1 Å². The molecule has 1 saturated carbocycles. The number of rotatable bonds is 7. The first-order valence-electron chi connectivity index (χ1n) is 7.36. The van der Waals surface area contributed by atoms with Crippen LogP contribution in [0.1, 0.15) is 32.1 Å². The predicted octanol–water partition coefficient (Wildman–Crippen LogP) is 0.484. The molecule has 19 heavy (non-hydrogen) atoms. The molecule has 1 aliphatic carbocycles. The Morgan fingerprint density at radius 2 is 2.00 bits per heavy atom. The van der Waals surface area contributed by atoms with Gasteiger partial charge in [0.1, 0.15) is 0 Å². The minimum Gasteiger partial charge on any atom is -0.314 e. The van der Waals surface area contributed by atoms with Gasteiger partial charge < -0.3 is 10.2 Å². The summed E-state index contributed by atoms with van der Waals surface area (Å²) in [5.74, 6) is 0.285. The van der Waals surface area contributed by atoms with Crippen LogP contribution in [0.3, 0.4) is 0 Å². The quantitative estimate of drug-likeness (QED) is 0.693. The van der Waals surface area contributed by atoms with E-state index in [9.17, 15) is 8.42 Å². The number of piperidine rings is 1. The van der Waals surface area contributed by atoms with Crippen molar-refractivity contribution in [3.63, 3.8) is 0 Å². The number of sulfonamides is 1. The van der Waals surface area contributed by atoms with Crippen LogP contribution in [0.2, 0.25) is 0 Å². The highest BCUT2D eigenvalue weighted by Gasteiger charge is 2.29. The molecule has 1 N–H and O–H groups in total. The van der Waals surface area contributed by atoms with E-state index in [1.54, 1.807) is 4.31 Å². The molecule has 1 saturated heterocycles. The van der Waals surface area contributed by atoms with Crippen molar-refractivity contribution in [1.29, 1.82) is 0 Å². The summed E-state index contributed by atoms with van der Waals surface area (Å²) >= 11 is 0. The Hall–Kier alpha value is -0.170. The summed E-state index contributed by atoms with van der Waals surface area (Å²) in [5.41, 5.74) is 0. The summed E-state index contributed by atoms with van der Waals surface area (Å²) < 4.78 is 26.3. The molecular formula is C13H27N3O2S. The zero-order valence-electron chi connectivity index (χ0n) is 12.1. The fourth-order valence-electron chi connectivity index (χ4n) is 2.57. The standard InChI is InChI=1S/C13H27N3O2S/c1-15(2)13-5-3-9-16(11-13)19(17,18)10-4-8-14-12-6-7-12/h12-14H,3-11H2,1-2H3. The first-order chi connectivity index (χ1) is 8.99. The lowest BCUT2D eigenvalue weighted by atomic mass is 10.1. The Balaban J connectivity index is 1.76. The molecule has 0 aromatic heterocycles. The summed E-state index contributed by atoms with van der Waals surface area (Å²) in [5, 5.41) is 3.37. The maximum Gasteiger partial charge on any atom is 0.214 e. The summed E-state index contributed by atoms with van der Waals surface area (Å²) in [6.45, 7) is 2.18. The molecule has 5 nitrogen and oxygen atoms in total. The van der Waals surface area contributed by atoms with Crippen molar-refractivity contribution < 1.29 is 8.42 Å². The van der Waals surface area contributed by atoms with Gasteiger partial charge in [0.2, 0.25) is 10.0 Å². The van der Waals surface area contributed by atoms with Crippen molar-refractivity contribution in [2.75, 3.05) is 39.5 Å². The van der Waals surface area contributed by atoms with Gasteiger partial charge in [-0.25, -0.2) is 12.7 Å². The molecule has 1 atom stereocenters. The highest BCUT2D eigenvalue weighted by Crippen LogP contribution is 2.19. The molecule has 0 amide bonds. The second kappa shape index (κ2) is 6.52. The van der Waals surface area contributed by atoms with E-state index in [0.717, 1.165) is 25.8 Å². The zero-order chi connectivity index (χ0) is 13.9. The van der Waals surface area contributed by atoms with Crippen molar-refractivity contribution in [2.24, 2.45) is 0 Å². The van der Waals surface area contributed by atoms with Crippen LogP contribution >= 0.6 is 0 Å². The first-order valence-corrected chi connectivity index (χ1v) is 8.97. The van der Waals surface area contributed by atoms with Gasteiger partial charge in [-0.2, -0.15) is 0 Å². The third-order valence-electron chi connectivity index (χ3n) is 4.07. The molecule has 0 spiro atoms. The minimum absolute atomic E-state index is 0.285. The summed E-state index contributed by atoms with van der Waals surface area (Å²) in [4.78, 5) is 2.14. The summed E-state index contributed by atoms with van der Waals surface area (Å²) in [7, 11) is 0.996. The zero-order valence-corrected chi connectivity index (χ0v) is 13.0. The van der Waals surface area contributed by atoms with Gasteiger partial charge in [0.25, 0.3) is 0 Å². The highest BCUT2D eigenvalue weighted by molar-refractivity contribution is 7.89. The molecule has 0 aromatic rings. The lowest BCUT2D eigenvalue weighted by Crippen LogP contribution is -2.48.